The van der Waals surface area contributed by atoms with Crippen molar-refractivity contribution in [3.05, 3.63) is 35.4 Å². The first-order valence-electron chi connectivity index (χ1n) is 4.93. The largest absolute Gasteiger partial charge is 0.481 e. The molecule has 0 aromatic heterocycles. The van der Waals surface area contributed by atoms with Crippen LogP contribution in [0.4, 0.5) is 0 Å². The first-order valence-corrected chi connectivity index (χ1v) is 4.93. The lowest BCUT2D eigenvalue weighted by Gasteiger charge is -2.02. The lowest BCUT2D eigenvalue weighted by atomic mass is 10.0. The molecule has 3 heteroatoms. The van der Waals surface area contributed by atoms with Crippen molar-refractivity contribution in [1.82, 2.24) is 0 Å². The van der Waals surface area contributed by atoms with E-state index < -0.39 is 5.97 Å². The number of carboxylic acids is 1. The Morgan fingerprint density at radius 3 is 2.33 bits per heavy atom. The minimum atomic E-state index is -0.853. The monoisotopic (exact) mass is 206 g/mol. The molecule has 0 saturated heterocycles. The summed E-state index contributed by atoms with van der Waals surface area (Å²) in [5.41, 5.74) is 1.63. The highest BCUT2D eigenvalue weighted by Gasteiger charge is 2.04. The third-order valence-electron chi connectivity index (χ3n) is 2.14. The summed E-state index contributed by atoms with van der Waals surface area (Å²) in [6.45, 7) is 1.82. The van der Waals surface area contributed by atoms with Gasteiger partial charge in [0.15, 0.2) is 0 Å². The van der Waals surface area contributed by atoms with Gasteiger partial charge in [0.2, 0.25) is 0 Å². The molecule has 0 spiro atoms. The molecule has 0 aliphatic carbocycles. The van der Waals surface area contributed by atoms with Crippen molar-refractivity contribution in [3.63, 3.8) is 0 Å². The third kappa shape index (κ3) is 3.94. The van der Waals surface area contributed by atoms with Crippen molar-refractivity contribution in [2.75, 3.05) is 0 Å². The van der Waals surface area contributed by atoms with Gasteiger partial charge in [-0.05, 0) is 11.1 Å². The highest BCUT2D eigenvalue weighted by atomic mass is 16.4. The van der Waals surface area contributed by atoms with Crippen LogP contribution in [0, 0.1) is 0 Å². The number of aliphatic carboxylic acids is 1. The average molecular weight is 206 g/mol. The summed E-state index contributed by atoms with van der Waals surface area (Å²) in [5, 5.41) is 8.62. The van der Waals surface area contributed by atoms with Gasteiger partial charge in [-0.25, -0.2) is 0 Å². The molecule has 1 aromatic carbocycles. The molecule has 1 N–H and O–H groups in total. The molecular formula is C12H14O3. The lowest BCUT2D eigenvalue weighted by Crippen LogP contribution is -2.03. The summed E-state index contributed by atoms with van der Waals surface area (Å²) in [6.07, 6.45) is 0.918. The highest BCUT2D eigenvalue weighted by Crippen LogP contribution is 2.08. The smallest absolute Gasteiger partial charge is 0.307 e. The van der Waals surface area contributed by atoms with Gasteiger partial charge in [-0.2, -0.15) is 0 Å². The summed E-state index contributed by atoms with van der Waals surface area (Å²) in [5.74, 6) is -0.684. The SMILES string of the molecule is CCC(=O)Cc1cccc(CC(=O)O)c1. The second-order valence-electron chi connectivity index (χ2n) is 3.46. The van der Waals surface area contributed by atoms with E-state index in [1.165, 1.54) is 0 Å². The zero-order valence-electron chi connectivity index (χ0n) is 8.69. The quantitative estimate of drug-likeness (QED) is 0.799. The molecule has 3 nitrogen and oxygen atoms in total. The summed E-state index contributed by atoms with van der Waals surface area (Å²) in [7, 11) is 0. The third-order valence-corrected chi connectivity index (χ3v) is 2.14. The van der Waals surface area contributed by atoms with Crippen LogP contribution in [0.15, 0.2) is 24.3 Å². The Balaban J connectivity index is 2.74. The molecule has 0 saturated carbocycles. The van der Waals surface area contributed by atoms with Crippen LogP contribution in [0.3, 0.4) is 0 Å². The lowest BCUT2D eigenvalue weighted by molar-refractivity contribution is -0.136. The van der Waals surface area contributed by atoms with E-state index in [4.69, 9.17) is 5.11 Å². The Bertz CT molecular complexity index is 369. The Labute approximate surface area is 88.7 Å². The minimum absolute atomic E-state index is 0.00809. The summed E-state index contributed by atoms with van der Waals surface area (Å²) >= 11 is 0. The maximum absolute atomic E-state index is 11.2. The maximum atomic E-state index is 11.2. The van der Waals surface area contributed by atoms with E-state index in [9.17, 15) is 9.59 Å². The first-order chi connectivity index (χ1) is 7.11. The van der Waals surface area contributed by atoms with Gasteiger partial charge in [-0.15, -0.1) is 0 Å². The highest BCUT2D eigenvalue weighted by molar-refractivity contribution is 5.80. The number of hydrogen-bond donors (Lipinski definition) is 1. The van der Waals surface area contributed by atoms with Gasteiger partial charge in [0.25, 0.3) is 0 Å². The molecule has 80 valence electrons. The molecule has 0 atom stereocenters. The molecule has 0 unspecified atom stereocenters. The Hall–Kier alpha value is -1.64. The van der Waals surface area contributed by atoms with Crippen molar-refractivity contribution < 1.29 is 14.7 Å². The molecule has 0 amide bonds. The van der Waals surface area contributed by atoms with Crippen LogP contribution in [0.25, 0.3) is 0 Å². The molecule has 0 bridgehead atoms. The van der Waals surface area contributed by atoms with Crippen molar-refractivity contribution in [2.24, 2.45) is 0 Å². The number of ketones is 1. The summed E-state index contributed by atoms with van der Waals surface area (Å²) in [6, 6.07) is 7.17. The number of hydrogen-bond acceptors (Lipinski definition) is 2. The second-order valence-corrected chi connectivity index (χ2v) is 3.46. The topological polar surface area (TPSA) is 54.4 Å². The average Bonchev–Trinajstić information content (AvgIpc) is 2.17. The van der Waals surface area contributed by atoms with Crippen LogP contribution >= 0.6 is 0 Å². The van der Waals surface area contributed by atoms with Crippen molar-refractivity contribution >= 4 is 11.8 Å². The van der Waals surface area contributed by atoms with Gasteiger partial charge in [0.1, 0.15) is 5.78 Å². The van der Waals surface area contributed by atoms with Gasteiger partial charge in [-0.1, -0.05) is 31.2 Å². The molecule has 1 aromatic rings. The van der Waals surface area contributed by atoms with E-state index in [1.54, 1.807) is 18.2 Å². The van der Waals surface area contributed by atoms with Gasteiger partial charge in [-0.3, -0.25) is 9.59 Å². The Morgan fingerprint density at radius 1 is 1.20 bits per heavy atom. The fraction of sp³-hybridized carbons (Fsp3) is 0.333. The molecule has 0 radical (unpaired) electrons. The molecule has 0 fully saturated rings. The van der Waals surface area contributed by atoms with Crippen molar-refractivity contribution in [1.29, 1.82) is 0 Å². The van der Waals surface area contributed by atoms with Gasteiger partial charge in [0.05, 0.1) is 6.42 Å². The molecule has 15 heavy (non-hydrogen) atoms. The molecular weight excluding hydrogens is 192 g/mol. The van der Waals surface area contributed by atoms with Crippen LogP contribution < -0.4 is 0 Å². The fourth-order valence-corrected chi connectivity index (χ4v) is 1.38. The van der Waals surface area contributed by atoms with Gasteiger partial charge in [0, 0.05) is 12.8 Å². The van der Waals surface area contributed by atoms with Crippen LogP contribution in [0.5, 0.6) is 0 Å². The number of carbonyl (C=O) groups excluding carboxylic acids is 1. The normalized spacial score (nSPS) is 9.93. The zero-order valence-corrected chi connectivity index (χ0v) is 8.69. The number of Topliss-reactive ketones (excluding diaryl/α,β-unsaturated/α-hetero) is 1. The molecule has 1 rings (SSSR count). The predicted molar refractivity (Wildman–Crippen MR) is 56.8 cm³/mol. The van der Waals surface area contributed by atoms with Gasteiger partial charge < -0.3 is 5.11 Å². The Morgan fingerprint density at radius 2 is 1.80 bits per heavy atom. The molecule has 0 aliphatic heterocycles. The van der Waals surface area contributed by atoms with E-state index in [-0.39, 0.29) is 12.2 Å². The van der Waals surface area contributed by atoms with E-state index in [2.05, 4.69) is 0 Å². The first kappa shape index (κ1) is 11.4. The van der Waals surface area contributed by atoms with Crippen LogP contribution in [0.2, 0.25) is 0 Å². The number of benzene rings is 1. The molecule has 0 heterocycles. The number of carboxylic acid groups (broad SMARTS) is 1. The second kappa shape index (κ2) is 5.29. The maximum Gasteiger partial charge on any atom is 0.307 e. The van der Waals surface area contributed by atoms with E-state index in [0.717, 1.165) is 11.1 Å². The molecule has 0 aliphatic rings. The van der Waals surface area contributed by atoms with E-state index >= 15 is 0 Å². The number of carbonyl (C=O) groups is 2. The van der Waals surface area contributed by atoms with Crippen LogP contribution in [-0.4, -0.2) is 16.9 Å². The van der Waals surface area contributed by atoms with Crippen LogP contribution in [-0.2, 0) is 22.4 Å². The van der Waals surface area contributed by atoms with Crippen molar-refractivity contribution in [2.45, 2.75) is 26.2 Å². The van der Waals surface area contributed by atoms with Crippen molar-refractivity contribution in [3.8, 4) is 0 Å². The summed E-state index contributed by atoms with van der Waals surface area (Å²) in [4.78, 5) is 21.7. The predicted octanol–water partition coefficient (Wildman–Crippen LogP) is 1.84. The minimum Gasteiger partial charge on any atom is -0.481 e. The number of rotatable bonds is 5. The standard InChI is InChI=1S/C12H14O3/c1-2-11(13)7-9-4-3-5-10(6-9)8-12(14)15/h3-6H,2,7-8H2,1H3,(H,14,15). The van der Waals surface area contributed by atoms with E-state index in [1.807, 2.05) is 13.0 Å². The fourth-order valence-electron chi connectivity index (χ4n) is 1.38. The van der Waals surface area contributed by atoms with Crippen LogP contribution in [0.1, 0.15) is 24.5 Å². The van der Waals surface area contributed by atoms with E-state index in [0.29, 0.717) is 12.8 Å². The zero-order chi connectivity index (χ0) is 11.3. The summed E-state index contributed by atoms with van der Waals surface area (Å²) < 4.78 is 0. The van der Waals surface area contributed by atoms with Gasteiger partial charge >= 0.3 is 5.97 Å². The Kier molecular flexibility index (Phi) is 4.03.